The van der Waals surface area contributed by atoms with Crippen molar-refractivity contribution >= 4 is 23.3 Å². The van der Waals surface area contributed by atoms with Crippen LogP contribution in [0, 0.1) is 11.8 Å². The van der Waals surface area contributed by atoms with E-state index in [1.54, 1.807) is 18.2 Å². The minimum atomic E-state index is -0.275. The Kier molecular flexibility index (Phi) is 6.80. The molecule has 1 aromatic carbocycles. The summed E-state index contributed by atoms with van der Waals surface area (Å²) in [6, 6.07) is 4.73. The van der Waals surface area contributed by atoms with Gasteiger partial charge >= 0.3 is 6.03 Å². The van der Waals surface area contributed by atoms with E-state index in [0.717, 1.165) is 12.8 Å². The Morgan fingerprint density at radius 2 is 2.26 bits per heavy atom. The van der Waals surface area contributed by atoms with Crippen LogP contribution in [0.5, 0.6) is 0 Å². The van der Waals surface area contributed by atoms with Gasteiger partial charge in [0.1, 0.15) is 6.61 Å². The highest BCUT2D eigenvalue weighted by atomic mass is 35.5. The second-order valence-electron chi connectivity index (χ2n) is 3.88. The second-order valence-corrected chi connectivity index (χ2v) is 4.32. The molecule has 2 amide bonds. The third kappa shape index (κ3) is 5.64. The van der Waals surface area contributed by atoms with Gasteiger partial charge in [-0.15, -0.1) is 0 Å². The normalized spacial score (nSPS) is 9.42. The summed E-state index contributed by atoms with van der Waals surface area (Å²) in [6.45, 7) is 2.45. The number of aliphatic hydroxyl groups is 1. The van der Waals surface area contributed by atoms with Crippen LogP contribution < -0.4 is 10.6 Å². The SMILES string of the molecule is CCCCNC(=O)Nc1ccc(Cl)cc1C#CCO. The predicted octanol–water partition coefficient (Wildman–Crippen LogP) is 2.61. The largest absolute Gasteiger partial charge is 0.384 e. The third-order valence-electron chi connectivity index (χ3n) is 2.35. The number of amides is 2. The van der Waals surface area contributed by atoms with E-state index < -0.39 is 0 Å². The van der Waals surface area contributed by atoms with Crippen LogP contribution >= 0.6 is 11.6 Å². The first kappa shape index (κ1) is 15.4. The lowest BCUT2D eigenvalue weighted by Crippen LogP contribution is -2.29. The van der Waals surface area contributed by atoms with Gasteiger partial charge in [-0.05, 0) is 24.6 Å². The van der Waals surface area contributed by atoms with Crippen LogP contribution in [0.3, 0.4) is 0 Å². The predicted molar refractivity (Wildman–Crippen MR) is 77.3 cm³/mol. The Balaban J connectivity index is 2.74. The van der Waals surface area contributed by atoms with Gasteiger partial charge in [0.05, 0.1) is 5.69 Å². The first-order chi connectivity index (χ1) is 9.17. The lowest BCUT2D eigenvalue weighted by atomic mass is 10.2. The van der Waals surface area contributed by atoms with Gasteiger partial charge < -0.3 is 15.7 Å². The zero-order chi connectivity index (χ0) is 14.1. The maximum atomic E-state index is 11.6. The highest BCUT2D eigenvalue weighted by Crippen LogP contribution is 2.19. The molecule has 0 saturated heterocycles. The number of hydrogen-bond donors (Lipinski definition) is 3. The lowest BCUT2D eigenvalue weighted by molar-refractivity contribution is 0.252. The molecule has 1 aromatic rings. The standard InChI is InChI=1S/C14H17ClN2O2/c1-2-3-8-16-14(19)17-13-7-6-12(15)10-11(13)5-4-9-18/h6-7,10,18H,2-3,8-9H2,1H3,(H2,16,17,19). The van der Waals surface area contributed by atoms with Gasteiger partial charge in [-0.3, -0.25) is 0 Å². The molecule has 4 nitrogen and oxygen atoms in total. The topological polar surface area (TPSA) is 61.4 Å². The summed E-state index contributed by atoms with van der Waals surface area (Å²) >= 11 is 5.88. The van der Waals surface area contributed by atoms with Crippen LogP contribution in [0.4, 0.5) is 10.5 Å². The smallest absolute Gasteiger partial charge is 0.319 e. The Bertz CT molecular complexity index is 492. The molecule has 0 aliphatic carbocycles. The molecule has 0 saturated carbocycles. The number of urea groups is 1. The molecule has 0 spiro atoms. The minimum Gasteiger partial charge on any atom is -0.384 e. The number of hydrogen-bond acceptors (Lipinski definition) is 2. The molecule has 0 unspecified atom stereocenters. The maximum absolute atomic E-state index is 11.6. The van der Waals surface area contributed by atoms with Gasteiger partial charge in [0.15, 0.2) is 0 Å². The molecule has 1 rings (SSSR count). The van der Waals surface area contributed by atoms with Gasteiger partial charge in [-0.25, -0.2) is 4.79 Å². The van der Waals surface area contributed by atoms with Crippen LogP contribution in [0.2, 0.25) is 5.02 Å². The van der Waals surface area contributed by atoms with Crippen LogP contribution in [0.25, 0.3) is 0 Å². The summed E-state index contributed by atoms with van der Waals surface area (Å²) in [7, 11) is 0. The summed E-state index contributed by atoms with van der Waals surface area (Å²) in [5.74, 6) is 5.28. The minimum absolute atomic E-state index is 0.241. The number of carbonyl (C=O) groups is 1. The van der Waals surface area contributed by atoms with Crippen LogP contribution in [-0.4, -0.2) is 24.3 Å². The highest BCUT2D eigenvalue weighted by molar-refractivity contribution is 6.30. The van der Waals surface area contributed by atoms with Crippen molar-refractivity contribution in [1.29, 1.82) is 0 Å². The quantitative estimate of drug-likeness (QED) is 0.586. The van der Waals surface area contributed by atoms with Crippen molar-refractivity contribution in [2.45, 2.75) is 19.8 Å². The molecule has 102 valence electrons. The molecule has 0 heterocycles. The van der Waals surface area contributed by atoms with Gasteiger partial charge in [-0.2, -0.15) is 0 Å². The van der Waals surface area contributed by atoms with E-state index >= 15 is 0 Å². The van der Waals surface area contributed by atoms with Crippen LogP contribution in [0.15, 0.2) is 18.2 Å². The molecule has 0 atom stereocenters. The molecular weight excluding hydrogens is 264 g/mol. The number of aliphatic hydroxyl groups excluding tert-OH is 1. The number of rotatable bonds is 4. The van der Waals surface area contributed by atoms with Gasteiger partial charge in [-0.1, -0.05) is 36.8 Å². The van der Waals surface area contributed by atoms with Crippen molar-refractivity contribution in [2.75, 3.05) is 18.5 Å². The van der Waals surface area contributed by atoms with E-state index in [0.29, 0.717) is 22.8 Å². The molecular formula is C14H17ClN2O2. The van der Waals surface area contributed by atoms with Crippen molar-refractivity contribution in [2.24, 2.45) is 0 Å². The number of unbranched alkanes of at least 4 members (excludes halogenated alkanes) is 1. The van der Waals surface area contributed by atoms with E-state index in [9.17, 15) is 4.79 Å². The van der Waals surface area contributed by atoms with E-state index in [-0.39, 0.29) is 12.6 Å². The molecule has 0 fully saturated rings. The number of nitrogens with one attached hydrogen (secondary N) is 2. The fraction of sp³-hybridized carbons (Fsp3) is 0.357. The van der Waals surface area contributed by atoms with Crippen molar-refractivity contribution in [3.8, 4) is 11.8 Å². The molecule has 5 heteroatoms. The summed E-state index contributed by atoms with van der Waals surface area (Å²) in [5.41, 5.74) is 1.14. The Labute approximate surface area is 118 Å². The molecule has 0 radical (unpaired) electrons. The molecule has 0 aromatic heterocycles. The van der Waals surface area contributed by atoms with Crippen LogP contribution in [-0.2, 0) is 0 Å². The summed E-state index contributed by atoms with van der Waals surface area (Å²) in [6.07, 6.45) is 1.96. The Morgan fingerprint density at radius 1 is 1.47 bits per heavy atom. The molecule has 3 N–H and O–H groups in total. The van der Waals surface area contributed by atoms with E-state index in [1.807, 2.05) is 0 Å². The zero-order valence-corrected chi connectivity index (χ0v) is 11.5. The number of carbonyl (C=O) groups excluding carboxylic acids is 1. The summed E-state index contributed by atoms with van der Waals surface area (Å²) < 4.78 is 0. The Morgan fingerprint density at radius 3 is 2.95 bits per heavy atom. The van der Waals surface area contributed by atoms with Crippen molar-refractivity contribution in [3.63, 3.8) is 0 Å². The maximum Gasteiger partial charge on any atom is 0.319 e. The number of anilines is 1. The fourth-order valence-corrected chi connectivity index (χ4v) is 1.58. The van der Waals surface area contributed by atoms with Gasteiger partial charge in [0.25, 0.3) is 0 Å². The molecule has 19 heavy (non-hydrogen) atoms. The van der Waals surface area contributed by atoms with E-state index in [1.165, 1.54) is 0 Å². The summed E-state index contributed by atoms with van der Waals surface area (Å²) in [4.78, 5) is 11.6. The lowest BCUT2D eigenvalue weighted by Gasteiger charge is -2.09. The molecule has 0 aliphatic heterocycles. The average Bonchev–Trinajstić information content (AvgIpc) is 2.39. The van der Waals surface area contributed by atoms with E-state index in [4.69, 9.17) is 16.7 Å². The fourth-order valence-electron chi connectivity index (χ4n) is 1.41. The zero-order valence-electron chi connectivity index (χ0n) is 10.8. The Hall–Kier alpha value is -1.70. The second kappa shape index (κ2) is 8.41. The van der Waals surface area contributed by atoms with Crippen molar-refractivity contribution in [1.82, 2.24) is 5.32 Å². The molecule has 0 bridgehead atoms. The van der Waals surface area contributed by atoms with Crippen molar-refractivity contribution < 1.29 is 9.90 Å². The highest BCUT2D eigenvalue weighted by Gasteiger charge is 2.05. The first-order valence-electron chi connectivity index (χ1n) is 6.11. The monoisotopic (exact) mass is 280 g/mol. The van der Waals surface area contributed by atoms with E-state index in [2.05, 4.69) is 29.4 Å². The van der Waals surface area contributed by atoms with Crippen LogP contribution in [0.1, 0.15) is 25.3 Å². The number of benzene rings is 1. The summed E-state index contributed by atoms with van der Waals surface area (Å²) in [5, 5.41) is 14.7. The average molecular weight is 281 g/mol. The third-order valence-corrected chi connectivity index (χ3v) is 2.58. The van der Waals surface area contributed by atoms with Crippen molar-refractivity contribution in [3.05, 3.63) is 28.8 Å². The number of halogens is 1. The first-order valence-corrected chi connectivity index (χ1v) is 6.49. The molecule has 0 aliphatic rings. The van der Waals surface area contributed by atoms with Gasteiger partial charge in [0.2, 0.25) is 0 Å². The van der Waals surface area contributed by atoms with Gasteiger partial charge in [0, 0.05) is 17.1 Å².